The molecule has 0 spiro atoms. The van der Waals surface area contributed by atoms with Gasteiger partial charge in [0.2, 0.25) is 0 Å². The van der Waals surface area contributed by atoms with E-state index in [2.05, 4.69) is 11.4 Å². The number of hydrogen-bond acceptors (Lipinski definition) is 2. The van der Waals surface area contributed by atoms with Gasteiger partial charge >= 0.3 is 0 Å². The van der Waals surface area contributed by atoms with E-state index in [0.29, 0.717) is 15.6 Å². The summed E-state index contributed by atoms with van der Waals surface area (Å²) in [6.07, 6.45) is 0. The molecule has 96 valence electrons. The number of nitrogens with one attached hydrogen (secondary N) is 1. The number of aryl methyl sites for hydroxylation is 2. The van der Waals surface area contributed by atoms with Gasteiger partial charge in [0.1, 0.15) is 0 Å². The Balaban J connectivity index is 2.34. The maximum absolute atomic E-state index is 8.90. The van der Waals surface area contributed by atoms with Crippen LogP contribution in [0.15, 0.2) is 30.3 Å². The van der Waals surface area contributed by atoms with Crippen LogP contribution in [0.2, 0.25) is 10.0 Å². The molecular formula is C15H12Cl2N2. The molecule has 2 aromatic carbocycles. The second-order valence-corrected chi connectivity index (χ2v) is 5.16. The third-order valence-electron chi connectivity index (χ3n) is 2.87. The topological polar surface area (TPSA) is 35.8 Å². The summed E-state index contributed by atoms with van der Waals surface area (Å²) in [6.45, 7) is 3.80. The highest BCUT2D eigenvalue weighted by molar-refractivity contribution is 6.35. The molecular weight excluding hydrogens is 279 g/mol. The van der Waals surface area contributed by atoms with E-state index < -0.39 is 0 Å². The summed E-state index contributed by atoms with van der Waals surface area (Å²) in [5.41, 5.74) is 4.15. The van der Waals surface area contributed by atoms with Crippen molar-refractivity contribution in [3.8, 4) is 6.07 Å². The zero-order valence-electron chi connectivity index (χ0n) is 10.6. The minimum atomic E-state index is 0.615. The molecule has 0 aliphatic carbocycles. The maximum Gasteiger partial charge on any atom is 0.0994 e. The summed E-state index contributed by atoms with van der Waals surface area (Å²) < 4.78 is 0. The van der Waals surface area contributed by atoms with E-state index in [9.17, 15) is 0 Å². The molecule has 0 unspecified atom stereocenters. The predicted octanol–water partition coefficient (Wildman–Crippen LogP) is 5.23. The first kappa shape index (κ1) is 13.7. The average molecular weight is 291 g/mol. The molecule has 0 aromatic heterocycles. The lowest BCUT2D eigenvalue weighted by Crippen LogP contribution is -1.94. The first-order valence-electron chi connectivity index (χ1n) is 5.74. The fourth-order valence-electron chi connectivity index (χ4n) is 1.76. The van der Waals surface area contributed by atoms with Gasteiger partial charge in [-0.2, -0.15) is 5.26 Å². The number of benzene rings is 2. The van der Waals surface area contributed by atoms with Crippen LogP contribution in [0.5, 0.6) is 0 Å². The number of nitriles is 1. The first-order chi connectivity index (χ1) is 9.01. The molecule has 2 nitrogen and oxygen atoms in total. The van der Waals surface area contributed by atoms with Crippen molar-refractivity contribution in [2.75, 3.05) is 5.32 Å². The zero-order valence-corrected chi connectivity index (χ0v) is 12.1. The van der Waals surface area contributed by atoms with Gasteiger partial charge in [0.15, 0.2) is 0 Å². The number of halogens is 2. The van der Waals surface area contributed by atoms with Gasteiger partial charge < -0.3 is 5.32 Å². The van der Waals surface area contributed by atoms with E-state index in [1.165, 1.54) is 0 Å². The Bertz CT molecular complexity index is 673. The van der Waals surface area contributed by atoms with Crippen LogP contribution >= 0.6 is 23.2 Å². The van der Waals surface area contributed by atoms with Crippen molar-refractivity contribution < 1.29 is 0 Å². The molecule has 0 aliphatic rings. The molecule has 0 aliphatic heterocycles. The van der Waals surface area contributed by atoms with Crippen LogP contribution in [-0.4, -0.2) is 0 Å². The fraction of sp³-hybridized carbons (Fsp3) is 0.133. The second kappa shape index (κ2) is 5.52. The highest BCUT2D eigenvalue weighted by atomic mass is 35.5. The lowest BCUT2D eigenvalue weighted by Gasteiger charge is -2.11. The molecule has 0 saturated carbocycles. The van der Waals surface area contributed by atoms with Crippen molar-refractivity contribution in [2.24, 2.45) is 0 Å². The zero-order chi connectivity index (χ0) is 14.0. The quantitative estimate of drug-likeness (QED) is 0.822. The van der Waals surface area contributed by atoms with Crippen molar-refractivity contribution in [1.82, 2.24) is 0 Å². The standard InChI is InChI=1S/C15H12Cl2N2/c1-9-5-12(4-3-11(9)8-18)19-15-7-13(16)10(2)6-14(15)17/h3-7,19H,1-2H3. The number of nitrogens with zero attached hydrogens (tertiary/aromatic N) is 1. The van der Waals surface area contributed by atoms with Gasteiger partial charge in [0.05, 0.1) is 22.3 Å². The van der Waals surface area contributed by atoms with E-state index in [1.807, 2.05) is 32.0 Å². The largest absolute Gasteiger partial charge is 0.354 e. The lowest BCUT2D eigenvalue weighted by atomic mass is 10.1. The smallest absolute Gasteiger partial charge is 0.0994 e. The van der Waals surface area contributed by atoms with Crippen LogP contribution in [0.3, 0.4) is 0 Å². The number of hydrogen-bond donors (Lipinski definition) is 1. The van der Waals surface area contributed by atoms with Gasteiger partial charge in [-0.05, 0) is 55.3 Å². The van der Waals surface area contributed by atoms with E-state index in [0.717, 1.165) is 22.5 Å². The normalized spacial score (nSPS) is 10.1. The van der Waals surface area contributed by atoms with Gasteiger partial charge in [0.25, 0.3) is 0 Å². The van der Waals surface area contributed by atoms with Crippen LogP contribution in [0.25, 0.3) is 0 Å². The van der Waals surface area contributed by atoms with Crippen molar-refractivity contribution in [3.05, 3.63) is 57.1 Å². The Morgan fingerprint density at radius 1 is 1.00 bits per heavy atom. The van der Waals surface area contributed by atoms with Crippen molar-refractivity contribution in [2.45, 2.75) is 13.8 Å². The molecule has 0 saturated heterocycles. The molecule has 0 bridgehead atoms. The fourth-order valence-corrected chi connectivity index (χ4v) is 2.19. The molecule has 1 N–H and O–H groups in total. The third kappa shape index (κ3) is 3.01. The van der Waals surface area contributed by atoms with Crippen molar-refractivity contribution >= 4 is 34.6 Å². The lowest BCUT2D eigenvalue weighted by molar-refractivity contribution is 1.38. The Labute approximate surface area is 122 Å². The summed E-state index contributed by atoms with van der Waals surface area (Å²) in [4.78, 5) is 0. The molecule has 0 atom stereocenters. The monoisotopic (exact) mass is 290 g/mol. The highest BCUT2D eigenvalue weighted by Gasteiger charge is 2.06. The average Bonchev–Trinajstić information content (AvgIpc) is 2.36. The molecule has 2 aromatic rings. The second-order valence-electron chi connectivity index (χ2n) is 4.35. The summed E-state index contributed by atoms with van der Waals surface area (Å²) >= 11 is 12.3. The van der Waals surface area contributed by atoms with Crippen LogP contribution in [0.1, 0.15) is 16.7 Å². The third-order valence-corrected chi connectivity index (χ3v) is 3.59. The van der Waals surface area contributed by atoms with E-state index in [4.69, 9.17) is 28.5 Å². The Morgan fingerprint density at radius 2 is 1.74 bits per heavy atom. The van der Waals surface area contributed by atoms with Gasteiger partial charge in [-0.3, -0.25) is 0 Å². The van der Waals surface area contributed by atoms with Gasteiger partial charge in [-0.1, -0.05) is 23.2 Å². The minimum Gasteiger partial charge on any atom is -0.354 e. The Kier molecular flexibility index (Phi) is 3.99. The number of rotatable bonds is 2. The van der Waals surface area contributed by atoms with Crippen molar-refractivity contribution in [1.29, 1.82) is 5.26 Å². The summed E-state index contributed by atoms with van der Waals surface area (Å²) in [5.74, 6) is 0. The SMILES string of the molecule is Cc1cc(Cl)c(Nc2ccc(C#N)c(C)c2)cc1Cl. The summed E-state index contributed by atoms with van der Waals surface area (Å²) in [5, 5.41) is 13.4. The van der Waals surface area contributed by atoms with Gasteiger partial charge in [0, 0.05) is 10.7 Å². The molecule has 0 heterocycles. The van der Waals surface area contributed by atoms with E-state index >= 15 is 0 Å². The summed E-state index contributed by atoms with van der Waals surface area (Å²) in [6, 6.07) is 11.3. The van der Waals surface area contributed by atoms with Crippen LogP contribution in [0, 0.1) is 25.2 Å². The summed E-state index contributed by atoms with van der Waals surface area (Å²) in [7, 11) is 0. The molecule has 19 heavy (non-hydrogen) atoms. The van der Waals surface area contributed by atoms with Crippen LogP contribution in [0.4, 0.5) is 11.4 Å². The van der Waals surface area contributed by atoms with E-state index in [-0.39, 0.29) is 0 Å². The van der Waals surface area contributed by atoms with Crippen molar-refractivity contribution in [3.63, 3.8) is 0 Å². The Hall–Kier alpha value is -1.69. The van der Waals surface area contributed by atoms with Gasteiger partial charge in [-0.25, -0.2) is 0 Å². The van der Waals surface area contributed by atoms with Crippen LogP contribution in [-0.2, 0) is 0 Å². The highest BCUT2D eigenvalue weighted by Crippen LogP contribution is 2.31. The first-order valence-corrected chi connectivity index (χ1v) is 6.50. The molecule has 0 fully saturated rings. The maximum atomic E-state index is 8.90. The van der Waals surface area contributed by atoms with Gasteiger partial charge in [-0.15, -0.1) is 0 Å². The van der Waals surface area contributed by atoms with Crippen LogP contribution < -0.4 is 5.32 Å². The molecule has 2 rings (SSSR count). The molecule has 0 amide bonds. The minimum absolute atomic E-state index is 0.615. The van der Waals surface area contributed by atoms with E-state index in [1.54, 1.807) is 12.1 Å². The molecule has 4 heteroatoms. The number of anilines is 2. The molecule has 0 radical (unpaired) electrons. The Morgan fingerprint density at radius 3 is 2.37 bits per heavy atom. The predicted molar refractivity (Wildman–Crippen MR) is 80.4 cm³/mol.